The van der Waals surface area contributed by atoms with E-state index in [1.54, 1.807) is 12.1 Å². The SMILES string of the molecule is CC1(C)C(O)CC1NS(=O)(=O)c1ccccc1Cl. The van der Waals surface area contributed by atoms with Crippen molar-refractivity contribution in [3.8, 4) is 0 Å². The molecule has 4 nitrogen and oxygen atoms in total. The van der Waals surface area contributed by atoms with Crippen LogP contribution in [0, 0.1) is 5.41 Å². The zero-order valence-electron chi connectivity index (χ0n) is 10.2. The molecule has 1 aliphatic carbocycles. The van der Waals surface area contributed by atoms with Crippen molar-refractivity contribution in [1.82, 2.24) is 4.72 Å². The molecule has 1 aliphatic rings. The van der Waals surface area contributed by atoms with Crippen LogP contribution in [0.25, 0.3) is 0 Å². The summed E-state index contributed by atoms with van der Waals surface area (Å²) in [7, 11) is -3.64. The minimum Gasteiger partial charge on any atom is -0.392 e. The van der Waals surface area contributed by atoms with Gasteiger partial charge in [-0.3, -0.25) is 0 Å². The Morgan fingerprint density at radius 3 is 2.50 bits per heavy atom. The summed E-state index contributed by atoms with van der Waals surface area (Å²) in [6, 6.07) is 6.04. The summed E-state index contributed by atoms with van der Waals surface area (Å²) in [4.78, 5) is 0.0730. The molecule has 0 aromatic heterocycles. The quantitative estimate of drug-likeness (QED) is 0.891. The molecule has 2 N–H and O–H groups in total. The summed E-state index contributed by atoms with van der Waals surface area (Å²) in [5.74, 6) is 0. The largest absolute Gasteiger partial charge is 0.392 e. The van der Waals surface area contributed by atoms with E-state index in [-0.39, 0.29) is 16.0 Å². The van der Waals surface area contributed by atoms with E-state index < -0.39 is 21.5 Å². The number of hydrogen-bond donors (Lipinski definition) is 2. The van der Waals surface area contributed by atoms with Gasteiger partial charge in [-0.15, -0.1) is 0 Å². The molecule has 1 aromatic rings. The highest BCUT2D eigenvalue weighted by Crippen LogP contribution is 2.41. The lowest BCUT2D eigenvalue weighted by atomic mass is 9.65. The van der Waals surface area contributed by atoms with Gasteiger partial charge in [-0.2, -0.15) is 0 Å². The molecule has 1 saturated carbocycles. The van der Waals surface area contributed by atoms with Crippen LogP contribution in [0.2, 0.25) is 5.02 Å². The predicted octanol–water partition coefficient (Wildman–Crippen LogP) is 1.78. The normalized spacial score (nSPS) is 26.7. The third-order valence-corrected chi connectivity index (χ3v) is 5.61. The maximum Gasteiger partial charge on any atom is 0.242 e. The van der Waals surface area contributed by atoms with Crippen molar-refractivity contribution in [3.05, 3.63) is 29.3 Å². The molecule has 0 spiro atoms. The van der Waals surface area contributed by atoms with E-state index in [4.69, 9.17) is 11.6 Å². The first-order valence-electron chi connectivity index (χ1n) is 5.70. The number of aliphatic hydroxyl groups excluding tert-OH is 1. The van der Waals surface area contributed by atoms with Crippen LogP contribution in [0.1, 0.15) is 20.3 Å². The molecule has 2 rings (SSSR count). The predicted molar refractivity (Wildman–Crippen MR) is 70.0 cm³/mol. The first kappa shape index (κ1) is 13.8. The van der Waals surface area contributed by atoms with Crippen molar-refractivity contribution in [2.45, 2.75) is 37.3 Å². The van der Waals surface area contributed by atoms with Crippen molar-refractivity contribution in [2.75, 3.05) is 0 Å². The van der Waals surface area contributed by atoms with Gasteiger partial charge in [-0.1, -0.05) is 37.6 Å². The second-order valence-electron chi connectivity index (χ2n) is 5.18. The Kier molecular flexibility index (Phi) is 3.44. The summed E-state index contributed by atoms with van der Waals surface area (Å²) < 4.78 is 26.9. The zero-order valence-corrected chi connectivity index (χ0v) is 11.8. The number of nitrogens with one attached hydrogen (secondary N) is 1. The fraction of sp³-hybridized carbons (Fsp3) is 0.500. The monoisotopic (exact) mass is 289 g/mol. The highest BCUT2D eigenvalue weighted by atomic mass is 35.5. The zero-order chi connectivity index (χ0) is 13.6. The van der Waals surface area contributed by atoms with E-state index >= 15 is 0 Å². The van der Waals surface area contributed by atoms with Crippen LogP contribution < -0.4 is 4.72 Å². The van der Waals surface area contributed by atoms with E-state index in [0.717, 1.165) is 0 Å². The second-order valence-corrected chi connectivity index (χ2v) is 7.27. The molecule has 18 heavy (non-hydrogen) atoms. The van der Waals surface area contributed by atoms with E-state index in [2.05, 4.69) is 4.72 Å². The minimum absolute atomic E-state index is 0.0730. The number of aliphatic hydroxyl groups is 1. The van der Waals surface area contributed by atoms with Crippen molar-refractivity contribution in [2.24, 2.45) is 5.41 Å². The second kappa shape index (κ2) is 4.49. The third-order valence-electron chi connectivity index (χ3n) is 3.64. The Morgan fingerprint density at radius 1 is 1.39 bits per heavy atom. The van der Waals surface area contributed by atoms with Gasteiger partial charge in [0, 0.05) is 11.5 Å². The van der Waals surface area contributed by atoms with E-state index in [9.17, 15) is 13.5 Å². The number of rotatable bonds is 3. The smallest absolute Gasteiger partial charge is 0.242 e. The molecule has 0 aliphatic heterocycles. The van der Waals surface area contributed by atoms with Gasteiger partial charge in [0.1, 0.15) is 4.90 Å². The van der Waals surface area contributed by atoms with Crippen LogP contribution in [-0.2, 0) is 10.0 Å². The van der Waals surface area contributed by atoms with Crippen LogP contribution in [0.15, 0.2) is 29.2 Å². The molecule has 0 saturated heterocycles. The average molecular weight is 290 g/mol. The summed E-state index contributed by atoms with van der Waals surface area (Å²) in [5.41, 5.74) is -0.450. The number of sulfonamides is 1. The lowest BCUT2D eigenvalue weighted by molar-refractivity contribution is -0.0645. The number of halogens is 1. The maximum absolute atomic E-state index is 12.2. The first-order valence-corrected chi connectivity index (χ1v) is 7.56. The number of benzene rings is 1. The van der Waals surface area contributed by atoms with Crippen LogP contribution in [0.4, 0.5) is 0 Å². The van der Waals surface area contributed by atoms with E-state index in [1.807, 2.05) is 13.8 Å². The first-order chi connectivity index (χ1) is 8.25. The Hall–Kier alpha value is -0.620. The molecule has 0 radical (unpaired) electrons. The molecule has 100 valence electrons. The Morgan fingerprint density at radius 2 is 2.00 bits per heavy atom. The van der Waals surface area contributed by atoms with Crippen LogP contribution >= 0.6 is 11.6 Å². The number of hydrogen-bond acceptors (Lipinski definition) is 3. The van der Waals surface area contributed by atoms with E-state index in [1.165, 1.54) is 12.1 Å². The highest BCUT2D eigenvalue weighted by molar-refractivity contribution is 7.89. The molecule has 0 amide bonds. The van der Waals surface area contributed by atoms with E-state index in [0.29, 0.717) is 6.42 Å². The maximum atomic E-state index is 12.2. The summed E-state index contributed by atoms with van der Waals surface area (Å²) in [6.07, 6.45) is -0.0482. The van der Waals surface area contributed by atoms with Crippen molar-refractivity contribution in [3.63, 3.8) is 0 Å². The minimum atomic E-state index is -3.64. The fourth-order valence-electron chi connectivity index (χ4n) is 2.02. The molecule has 0 heterocycles. The summed E-state index contributed by atoms with van der Waals surface area (Å²) in [5, 5.41) is 9.80. The van der Waals surface area contributed by atoms with Crippen LogP contribution in [0.3, 0.4) is 0 Å². The fourth-order valence-corrected chi connectivity index (χ4v) is 3.94. The van der Waals surface area contributed by atoms with Gasteiger partial charge in [-0.25, -0.2) is 13.1 Å². The van der Waals surface area contributed by atoms with Crippen molar-refractivity contribution < 1.29 is 13.5 Å². The molecule has 6 heteroatoms. The Labute approximate surface area is 112 Å². The third kappa shape index (κ3) is 2.28. The van der Waals surface area contributed by atoms with Gasteiger partial charge in [0.25, 0.3) is 0 Å². The molecule has 1 aromatic carbocycles. The van der Waals surface area contributed by atoms with Gasteiger partial charge >= 0.3 is 0 Å². The Bertz CT molecular complexity index is 556. The summed E-state index contributed by atoms with van der Waals surface area (Å²) in [6.45, 7) is 3.67. The molecule has 1 fully saturated rings. The standard InChI is InChI=1S/C12H16ClNO3S/c1-12(2)10(7-11(12)15)14-18(16,17)9-6-4-3-5-8(9)13/h3-6,10-11,14-15H,7H2,1-2H3. The lowest BCUT2D eigenvalue weighted by Crippen LogP contribution is -2.61. The molecule has 0 bridgehead atoms. The highest BCUT2D eigenvalue weighted by Gasteiger charge is 2.49. The molecular formula is C12H16ClNO3S. The molecule has 2 unspecified atom stereocenters. The van der Waals surface area contributed by atoms with Crippen molar-refractivity contribution >= 4 is 21.6 Å². The van der Waals surface area contributed by atoms with Gasteiger partial charge in [0.05, 0.1) is 11.1 Å². The topological polar surface area (TPSA) is 66.4 Å². The lowest BCUT2D eigenvalue weighted by Gasteiger charge is -2.49. The van der Waals surface area contributed by atoms with Gasteiger partial charge in [-0.05, 0) is 18.6 Å². The average Bonchev–Trinajstić information content (AvgIpc) is 2.29. The Balaban J connectivity index is 2.22. The summed E-state index contributed by atoms with van der Waals surface area (Å²) >= 11 is 5.88. The van der Waals surface area contributed by atoms with Crippen LogP contribution in [0.5, 0.6) is 0 Å². The van der Waals surface area contributed by atoms with Crippen LogP contribution in [-0.4, -0.2) is 25.7 Å². The van der Waals surface area contributed by atoms with Gasteiger partial charge in [0.15, 0.2) is 0 Å². The van der Waals surface area contributed by atoms with Gasteiger partial charge in [0.2, 0.25) is 10.0 Å². The molecule has 2 atom stereocenters. The molecular weight excluding hydrogens is 274 g/mol. The van der Waals surface area contributed by atoms with Gasteiger partial charge < -0.3 is 5.11 Å². The van der Waals surface area contributed by atoms with Crippen molar-refractivity contribution in [1.29, 1.82) is 0 Å².